The Morgan fingerprint density at radius 1 is 1.10 bits per heavy atom. The molecule has 0 spiro atoms. The quantitative estimate of drug-likeness (QED) is 0.748. The maximum atomic E-state index is 14.4. The van der Waals surface area contributed by atoms with Crippen molar-refractivity contribution in [1.29, 1.82) is 0 Å². The molecular weight excluding hydrogens is 267 g/mol. The van der Waals surface area contributed by atoms with E-state index in [4.69, 9.17) is 4.74 Å². The number of ether oxygens (including phenoxy) is 1. The molecule has 0 atom stereocenters. The summed E-state index contributed by atoms with van der Waals surface area (Å²) in [4.78, 5) is 11.6. The molecule has 2 aromatic rings. The first kappa shape index (κ1) is 14.1. The fraction of sp³-hybridized carbons (Fsp3) is 0.389. The Morgan fingerprint density at radius 2 is 1.76 bits per heavy atom. The lowest BCUT2D eigenvalue weighted by atomic mass is 9.77. The molecule has 2 nitrogen and oxygen atoms in total. The highest BCUT2D eigenvalue weighted by atomic mass is 19.1. The second-order valence-corrected chi connectivity index (χ2v) is 5.79. The molecule has 110 valence electrons. The molecule has 0 unspecified atom stereocenters. The summed E-state index contributed by atoms with van der Waals surface area (Å²) in [6.45, 7) is 1.43. The van der Waals surface area contributed by atoms with Crippen molar-refractivity contribution in [2.45, 2.75) is 44.6 Å². The zero-order valence-electron chi connectivity index (χ0n) is 12.2. The van der Waals surface area contributed by atoms with E-state index in [0.717, 1.165) is 43.1 Å². The maximum Gasteiger partial charge on any atom is 0.303 e. The first-order valence-electron chi connectivity index (χ1n) is 7.50. The van der Waals surface area contributed by atoms with Gasteiger partial charge in [0.25, 0.3) is 0 Å². The number of carbonyl (C=O) groups excluding carboxylic acids is 1. The highest BCUT2D eigenvalue weighted by Gasteiger charge is 2.38. The van der Waals surface area contributed by atoms with Crippen LogP contribution in [0, 0.1) is 5.82 Å². The third-order valence-electron chi connectivity index (χ3n) is 4.35. The molecule has 0 N–H and O–H groups in total. The zero-order valence-corrected chi connectivity index (χ0v) is 12.2. The van der Waals surface area contributed by atoms with Gasteiger partial charge < -0.3 is 4.74 Å². The number of rotatable bonds is 2. The van der Waals surface area contributed by atoms with Crippen molar-refractivity contribution < 1.29 is 13.9 Å². The standard InChI is InChI=1S/C18H19FO2/c1-13(20)21-18(11-3-2-4-12-18)15-9-5-7-14-8-6-10-16(19)17(14)15/h5-10H,2-4,11-12H2,1H3. The van der Waals surface area contributed by atoms with E-state index in [1.165, 1.54) is 13.0 Å². The summed E-state index contributed by atoms with van der Waals surface area (Å²) in [7, 11) is 0. The molecule has 0 bridgehead atoms. The fourth-order valence-corrected chi connectivity index (χ4v) is 3.50. The third kappa shape index (κ3) is 2.53. The highest BCUT2D eigenvalue weighted by Crippen LogP contribution is 2.43. The number of carbonyl (C=O) groups is 1. The van der Waals surface area contributed by atoms with Crippen LogP contribution in [0.15, 0.2) is 36.4 Å². The van der Waals surface area contributed by atoms with Gasteiger partial charge in [0, 0.05) is 17.9 Å². The van der Waals surface area contributed by atoms with Gasteiger partial charge in [0.05, 0.1) is 0 Å². The number of hydrogen-bond acceptors (Lipinski definition) is 2. The van der Waals surface area contributed by atoms with Gasteiger partial charge in [0.1, 0.15) is 11.4 Å². The lowest BCUT2D eigenvalue weighted by molar-refractivity contribution is -0.162. The van der Waals surface area contributed by atoms with Gasteiger partial charge in [-0.1, -0.05) is 36.8 Å². The molecule has 0 saturated heterocycles. The minimum absolute atomic E-state index is 0.250. The van der Waals surface area contributed by atoms with Gasteiger partial charge in [0.15, 0.2) is 0 Å². The van der Waals surface area contributed by atoms with Crippen molar-refractivity contribution in [3.63, 3.8) is 0 Å². The van der Waals surface area contributed by atoms with Crippen molar-refractivity contribution in [3.8, 4) is 0 Å². The van der Waals surface area contributed by atoms with E-state index in [1.54, 1.807) is 6.07 Å². The molecular formula is C18H19FO2. The van der Waals surface area contributed by atoms with Gasteiger partial charge >= 0.3 is 5.97 Å². The highest BCUT2D eigenvalue weighted by molar-refractivity contribution is 5.87. The zero-order chi connectivity index (χ0) is 14.9. The molecule has 3 heteroatoms. The molecule has 1 fully saturated rings. The SMILES string of the molecule is CC(=O)OC1(c2cccc3cccc(F)c23)CCCCC1. The van der Waals surface area contributed by atoms with Crippen molar-refractivity contribution in [2.24, 2.45) is 0 Å². The van der Waals surface area contributed by atoms with Crippen LogP contribution in [0.1, 0.15) is 44.6 Å². The molecule has 0 aliphatic heterocycles. The van der Waals surface area contributed by atoms with Gasteiger partial charge in [-0.15, -0.1) is 0 Å². The van der Waals surface area contributed by atoms with E-state index in [9.17, 15) is 9.18 Å². The minimum atomic E-state index is -0.675. The molecule has 21 heavy (non-hydrogen) atoms. The van der Waals surface area contributed by atoms with Crippen molar-refractivity contribution in [3.05, 3.63) is 47.8 Å². The average molecular weight is 286 g/mol. The Balaban J connectivity index is 2.22. The van der Waals surface area contributed by atoms with Crippen molar-refractivity contribution in [2.75, 3.05) is 0 Å². The van der Waals surface area contributed by atoms with Crippen LogP contribution in [0.3, 0.4) is 0 Å². The summed E-state index contributed by atoms with van der Waals surface area (Å²) >= 11 is 0. The average Bonchev–Trinajstić information content (AvgIpc) is 2.47. The third-order valence-corrected chi connectivity index (χ3v) is 4.35. The van der Waals surface area contributed by atoms with Crippen LogP contribution in [0.4, 0.5) is 4.39 Å². The molecule has 1 saturated carbocycles. The van der Waals surface area contributed by atoms with Gasteiger partial charge in [0.2, 0.25) is 0 Å². The molecule has 1 aliphatic rings. The second kappa shape index (κ2) is 5.47. The number of hydrogen-bond donors (Lipinski definition) is 0. The summed E-state index contributed by atoms with van der Waals surface area (Å²) in [6.07, 6.45) is 4.66. The summed E-state index contributed by atoms with van der Waals surface area (Å²) in [5.74, 6) is -0.551. The Hall–Kier alpha value is -1.90. The molecule has 0 amide bonds. The van der Waals surface area contributed by atoms with E-state index in [2.05, 4.69) is 0 Å². The predicted molar refractivity (Wildman–Crippen MR) is 80.4 cm³/mol. The topological polar surface area (TPSA) is 26.3 Å². The summed E-state index contributed by atoms with van der Waals surface area (Å²) < 4.78 is 20.1. The van der Waals surface area contributed by atoms with Crippen LogP contribution < -0.4 is 0 Å². The normalized spacial score (nSPS) is 17.6. The number of benzene rings is 2. The van der Waals surface area contributed by atoms with Gasteiger partial charge in [-0.25, -0.2) is 4.39 Å². The first-order chi connectivity index (χ1) is 10.1. The molecule has 0 heterocycles. The monoisotopic (exact) mass is 286 g/mol. The van der Waals surface area contributed by atoms with Gasteiger partial charge in [-0.2, -0.15) is 0 Å². The van der Waals surface area contributed by atoms with Crippen LogP contribution in [0.2, 0.25) is 0 Å². The van der Waals surface area contributed by atoms with E-state index in [1.807, 2.05) is 24.3 Å². The van der Waals surface area contributed by atoms with Crippen molar-refractivity contribution >= 4 is 16.7 Å². The molecule has 1 aliphatic carbocycles. The van der Waals surface area contributed by atoms with Crippen LogP contribution >= 0.6 is 0 Å². The summed E-state index contributed by atoms with van der Waals surface area (Å²) in [6, 6.07) is 10.8. The molecule has 2 aromatic carbocycles. The molecule has 0 aromatic heterocycles. The second-order valence-electron chi connectivity index (χ2n) is 5.79. The summed E-state index contributed by atoms with van der Waals surface area (Å²) in [5, 5.41) is 1.44. The van der Waals surface area contributed by atoms with E-state index in [0.29, 0.717) is 5.39 Å². The van der Waals surface area contributed by atoms with Crippen LogP contribution in [0.5, 0.6) is 0 Å². The molecule has 0 radical (unpaired) electrons. The first-order valence-corrected chi connectivity index (χ1v) is 7.50. The smallest absolute Gasteiger partial charge is 0.303 e. The van der Waals surface area contributed by atoms with E-state index in [-0.39, 0.29) is 11.8 Å². The lowest BCUT2D eigenvalue weighted by Crippen LogP contribution is -2.34. The Kier molecular flexibility index (Phi) is 3.66. The maximum absolute atomic E-state index is 14.4. The van der Waals surface area contributed by atoms with Crippen molar-refractivity contribution in [1.82, 2.24) is 0 Å². The Bertz CT molecular complexity index is 667. The molecule has 3 rings (SSSR count). The number of halogens is 1. The minimum Gasteiger partial charge on any atom is -0.454 e. The van der Waals surface area contributed by atoms with Gasteiger partial charge in [-0.05, 0) is 37.1 Å². The fourth-order valence-electron chi connectivity index (χ4n) is 3.50. The summed E-state index contributed by atoms with van der Waals surface area (Å²) in [5.41, 5.74) is 0.138. The van der Waals surface area contributed by atoms with Crippen LogP contribution in [-0.2, 0) is 15.1 Å². The van der Waals surface area contributed by atoms with E-state index < -0.39 is 5.60 Å². The van der Waals surface area contributed by atoms with Gasteiger partial charge in [-0.3, -0.25) is 4.79 Å². The lowest BCUT2D eigenvalue weighted by Gasteiger charge is -2.37. The predicted octanol–water partition coefficient (Wildman–Crippen LogP) is 4.70. The Labute approximate surface area is 123 Å². The van der Waals surface area contributed by atoms with Crippen LogP contribution in [-0.4, -0.2) is 5.97 Å². The number of fused-ring (bicyclic) bond motifs is 1. The van der Waals surface area contributed by atoms with Crippen LogP contribution in [0.25, 0.3) is 10.8 Å². The van der Waals surface area contributed by atoms with E-state index >= 15 is 0 Å². The Morgan fingerprint density at radius 3 is 2.43 bits per heavy atom. The number of esters is 1. The largest absolute Gasteiger partial charge is 0.454 e.